The van der Waals surface area contributed by atoms with Crippen LogP contribution in [0.1, 0.15) is 17.6 Å². The smallest absolute Gasteiger partial charge is 0.232 e. The number of hydrogen-bond donors (Lipinski definition) is 0. The third-order valence-electron chi connectivity index (χ3n) is 2.60. The summed E-state index contributed by atoms with van der Waals surface area (Å²) >= 11 is 0. The van der Waals surface area contributed by atoms with Gasteiger partial charge < -0.3 is 4.74 Å². The molecule has 2 rings (SSSR count). The fraction of sp³-hybridized carbons (Fsp3) is 0.231. The fourth-order valence-electron chi connectivity index (χ4n) is 1.74. The first-order chi connectivity index (χ1) is 8.27. The molecule has 0 radical (unpaired) electrons. The summed E-state index contributed by atoms with van der Waals surface area (Å²) in [6.45, 7) is 3.61. The number of hydrogen-bond acceptors (Lipinski definition) is 3. The first kappa shape index (κ1) is 11.4. The van der Waals surface area contributed by atoms with E-state index in [2.05, 4.69) is 11.6 Å². The first-order valence-corrected chi connectivity index (χ1v) is 5.42. The molecule has 0 N–H and O–H groups in total. The molecular weight excluding hydrogens is 216 g/mol. The monoisotopic (exact) mass is 230 g/mol. The number of aromatic nitrogens is 2. The topological polar surface area (TPSA) is 44.1 Å². The molecule has 0 saturated heterocycles. The highest BCUT2D eigenvalue weighted by atomic mass is 16.5. The van der Waals surface area contributed by atoms with Crippen molar-refractivity contribution in [1.82, 2.24) is 9.55 Å². The Hall–Kier alpha value is -2.10. The number of rotatable bonds is 4. The van der Waals surface area contributed by atoms with Gasteiger partial charge in [0.15, 0.2) is 0 Å². The van der Waals surface area contributed by atoms with E-state index in [1.54, 1.807) is 36.2 Å². The molecule has 0 fully saturated rings. The molecule has 17 heavy (non-hydrogen) atoms. The van der Waals surface area contributed by atoms with E-state index in [1.807, 2.05) is 6.07 Å². The maximum Gasteiger partial charge on any atom is 0.232 e. The van der Waals surface area contributed by atoms with E-state index in [-0.39, 0.29) is 5.91 Å². The highest BCUT2D eigenvalue weighted by Crippen LogP contribution is 2.24. The Balaban J connectivity index is 2.42. The van der Waals surface area contributed by atoms with Gasteiger partial charge in [-0.25, -0.2) is 4.98 Å². The highest BCUT2D eigenvalue weighted by Gasteiger charge is 2.11. The van der Waals surface area contributed by atoms with Gasteiger partial charge in [0.25, 0.3) is 0 Å². The van der Waals surface area contributed by atoms with Crippen LogP contribution < -0.4 is 4.74 Å². The van der Waals surface area contributed by atoms with Crippen LogP contribution in [0.3, 0.4) is 0 Å². The second-order valence-electron chi connectivity index (χ2n) is 3.66. The number of allylic oxidation sites excluding steroid dienone is 1. The number of methoxy groups -OCH3 is 1. The van der Waals surface area contributed by atoms with Gasteiger partial charge in [-0.05, 0) is 18.6 Å². The van der Waals surface area contributed by atoms with Crippen LogP contribution in [0.5, 0.6) is 5.75 Å². The second kappa shape index (κ2) is 4.82. The summed E-state index contributed by atoms with van der Waals surface area (Å²) in [6.07, 6.45) is 6.20. The van der Waals surface area contributed by atoms with Gasteiger partial charge in [0.2, 0.25) is 5.91 Å². The van der Waals surface area contributed by atoms with Crippen molar-refractivity contribution in [3.05, 3.63) is 37.2 Å². The molecule has 0 amide bonds. The predicted octanol–water partition coefficient (Wildman–Crippen LogP) is 2.65. The Kier molecular flexibility index (Phi) is 3.23. The molecule has 0 aliphatic rings. The third-order valence-corrected chi connectivity index (χ3v) is 2.60. The maximum atomic E-state index is 11.9. The van der Waals surface area contributed by atoms with Gasteiger partial charge in [-0.15, -0.1) is 6.58 Å². The van der Waals surface area contributed by atoms with Gasteiger partial charge >= 0.3 is 0 Å². The largest absolute Gasteiger partial charge is 0.496 e. The minimum atomic E-state index is 0.0145. The van der Waals surface area contributed by atoms with Crippen LogP contribution in [-0.2, 0) is 0 Å². The summed E-state index contributed by atoms with van der Waals surface area (Å²) in [4.78, 5) is 16.1. The van der Waals surface area contributed by atoms with E-state index < -0.39 is 0 Å². The molecule has 88 valence electrons. The lowest BCUT2D eigenvalue weighted by atomic mass is 10.3. The lowest BCUT2D eigenvalue weighted by Crippen LogP contribution is -2.09. The molecule has 0 aliphatic carbocycles. The van der Waals surface area contributed by atoms with Crippen LogP contribution in [0.15, 0.2) is 37.2 Å². The number of pyridine rings is 1. The number of nitrogens with zero attached hydrogens (tertiary/aromatic N) is 2. The molecule has 4 heteroatoms. The molecular formula is C13H14N2O2. The SMILES string of the molecule is C=CCCC(=O)n1ccc2c(OC)ccnc21. The lowest BCUT2D eigenvalue weighted by molar-refractivity contribution is 0.0908. The summed E-state index contributed by atoms with van der Waals surface area (Å²) in [6, 6.07) is 3.62. The zero-order chi connectivity index (χ0) is 12.3. The van der Waals surface area contributed by atoms with Crippen LogP contribution in [0.4, 0.5) is 0 Å². The summed E-state index contributed by atoms with van der Waals surface area (Å²) < 4.78 is 6.78. The van der Waals surface area contributed by atoms with Crippen LogP contribution >= 0.6 is 0 Å². The third kappa shape index (κ3) is 2.06. The molecule has 0 unspecified atom stereocenters. The van der Waals surface area contributed by atoms with Crippen molar-refractivity contribution in [1.29, 1.82) is 0 Å². The molecule has 0 saturated carbocycles. The quantitative estimate of drug-likeness (QED) is 0.758. The molecule has 2 heterocycles. The molecule has 0 aliphatic heterocycles. The van der Waals surface area contributed by atoms with E-state index in [0.717, 1.165) is 11.1 Å². The minimum Gasteiger partial charge on any atom is -0.496 e. The average Bonchev–Trinajstić information content (AvgIpc) is 2.79. The Morgan fingerprint density at radius 1 is 1.59 bits per heavy atom. The van der Waals surface area contributed by atoms with Crippen LogP contribution in [0, 0.1) is 0 Å². The Labute approximate surface area is 99.5 Å². The molecule has 0 bridgehead atoms. The van der Waals surface area contributed by atoms with E-state index in [1.165, 1.54) is 0 Å². The molecule has 0 atom stereocenters. The first-order valence-electron chi connectivity index (χ1n) is 5.42. The van der Waals surface area contributed by atoms with Crippen molar-refractivity contribution < 1.29 is 9.53 Å². The number of ether oxygens (including phenoxy) is 1. The minimum absolute atomic E-state index is 0.0145. The van der Waals surface area contributed by atoms with Crippen molar-refractivity contribution in [2.45, 2.75) is 12.8 Å². The van der Waals surface area contributed by atoms with E-state index >= 15 is 0 Å². The maximum absolute atomic E-state index is 11.9. The molecule has 2 aromatic heterocycles. The predicted molar refractivity (Wildman–Crippen MR) is 66.3 cm³/mol. The van der Waals surface area contributed by atoms with Crippen molar-refractivity contribution in [2.24, 2.45) is 0 Å². The molecule has 4 nitrogen and oxygen atoms in total. The zero-order valence-electron chi connectivity index (χ0n) is 9.72. The summed E-state index contributed by atoms with van der Waals surface area (Å²) in [5.41, 5.74) is 0.637. The summed E-state index contributed by atoms with van der Waals surface area (Å²) in [5.74, 6) is 0.742. The highest BCUT2D eigenvalue weighted by molar-refractivity contribution is 5.93. The number of carbonyl (C=O) groups is 1. The molecule has 0 aromatic carbocycles. The van der Waals surface area contributed by atoms with E-state index in [4.69, 9.17) is 4.74 Å². The van der Waals surface area contributed by atoms with Crippen molar-refractivity contribution in [3.8, 4) is 5.75 Å². The second-order valence-corrected chi connectivity index (χ2v) is 3.66. The van der Waals surface area contributed by atoms with Gasteiger partial charge in [0, 0.05) is 18.8 Å². The van der Waals surface area contributed by atoms with Gasteiger partial charge in [-0.3, -0.25) is 9.36 Å². The zero-order valence-corrected chi connectivity index (χ0v) is 9.72. The van der Waals surface area contributed by atoms with Gasteiger partial charge in [0.1, 0.15) is 11.4 Å². The van der Waals surface area contributed by atoms with Crippen LogP contribution in [0.2, 0.25) is 0 Å². The van der Waals surface area contributed by atoms with Gasteiger partial charge in [-0.2, -0.15) is 0 Å². The van der Waals surface area contributed by atoms with Crippen molar-refractivity contribution in [3.63, 3.8) is 0 Å². The van der Waals surface area contributed by atoms with Crippen LogP contribution in [0.25, 0.3) is 11.0 Å². The summed E-state index contributed by atoms with van der Waals surface area (Å²) in [7, 11) is 1.60. The van der Waals surface area contributed by atoms with Gasteiger partial charge in [-0.1, -0.05) is 6.08 Å². The fourth-order valence-corrected chi connectivity index (χ4v) is 1.74. The number of fused-ring (bicyclic) bond motifs is 1. The molecule has 2 aromatic rings. The van der Waals surface area contributed by atoms with Crippen molar-refractivity contribution in [2.75, 3.05) is 7.11 Å². The van der Waals surface area contributed by atoms with Crippen molar-refractivity contribution >= 4 is 16.9 Å². The lowest BCUT2D eigenvalue weighted by Gasteiger charge is -2.03. The number of carbonyl (C=O) groups excluding carboxylic acids is 1. The molecule has 0 spiro atoms. The average molecular weight is 230 g/mol. The Bertz CT molecular complexity index is 558. The summed E-state index contributed by atoms with van der Waals surface area (Å²) in [5, 5.41) is 0.849. The van der Waals surface area contributed by atoms with E-state index in [0.29, 0.717) is 18.5 Å². The Morgan fingerprint density at radius 3 is 3.12 bits per heavy atom. The normalized spacial score (nSPS) is 10.4. The van der Waals surface area contributed by atoms with E-state index in [9.17, 15) is 4.79 Å². The Morgan fingerprint density at radius 2 is 2.41 bits per heavy atom. The standard InChI is InChI=1S/C13H14N2O2/c1-3-4-5-12(16)15-9-7-10-11(17-2)6-8-14-13(10)15/h3,6-9H,1,4-5H2,2H3. The van der Waals surface area contributed by atoms with Gasteiger partial charge in [0.05, 0.1) is 12.5 Å². The van der Waals surface area contributed by atoms with Crippen LogP contribution in [-0.4, -0.2) is 22.6 Å².